The van der Waals surface area contributed by atoms with Crippen LogP contribution in [0.25, 0.3) is 10.9 Å². The van der Waals surface area contributed by atoms with E-state index in [0.29, 0.717) is 23.1 Å². The van der Waals surface area contributed by atoms with Crippen molar-refractivity contribution < 1.29 is 18.3 Å². The van der Waals surface area contributed by atoms with E-state index >= 15 is 0 Å². The zero-order valence-corrected chi connectivity index (χ0v) is 16.3. The highest BCUT2D eigenvalue weighted by Gasteiger charge is 2.28. The minimum atomic E-state index is -0.756. The molecule has 150 valence electrons. The Balaban J connectivity index is 1.78. The summed E-state index contributed by atoms with van der Waals surface area (Å²) >= 11 is 0. The molecule has 3 rings (SSSR count). The van der Waals surface area contributed by atoms with Crippen LogP contribution in [0.1, 0.15) is 30.6 Å². The lowest BCUT2D eigenvalue weighted by Gasteiger charge is -2.31. The van der Waals surface area contributed by atoms with Crippen LogP contribution in [0, 0.1) is 11.6 Å². The summed E-state index contributed by atoms with van der Waals surface area (Å²) in [7, 11) is 0. The van der Waals surface area contributed by atoms with E-state index in [2.05, 4.69) is 16.9 Å². The van der Waals surface area contributed by atoms with Crippen molar-refractivity contribution in [1.82, 2.24) is 10.3 Å². The van der Waals surface area contributed by atoms with E-state index in [4.69, 9.17) is 4.74 Å². The monoisotopic (exact) mass is 396 g/mol. The molecule has 0 saturated carbocycles. The highest BCUT2D eigenvalue weighted by Crippen LogP contribution is 2.21. The Hall–Kier alpha value is -3.28. The van der Waals surface area contributed by atoms with Crippen molar-refractivity contribution in [2.75, 3.05) is 6.61 Å². The van der Waals surface area contributed by atoms with Crippen molar-refractivity contribution in [3.63, 3.8) is 0 Å². The van der Waals surface area contributed by atoms with E-state index < -0.39 is 11.4 Å². The summed E-state index contributed by atoms with van der Waals surface area (Å²) in [5.74, 6) is -0.642. The molecule has 0 aliphatic rings. The van der Waals surface area contributed by atoms with Crippen LogP contribution in [0.2, 0.25) is 0 Å². The number of nitrogens with one attached hydrogen (secondary N) is 1. The van der Waals surface area contributed by atoms with Crippen molar-refractivity contribution in [2.24, 2.45) is 0 Å². The van der Waals surface area contributed by atoms with Gasteiger partial charge in [0.15, 0.2) is 0 Å². The van der Waals surface area contributed by atoms with E-state index in [0.717, 1.165) is 5.57 Å². The molecule has 6 heteroatoms. The summed E-state index contributed by atoms with van der Waals surface area (Å²) in [4.78, 5) is 16.9. The maximum Gasteiger partial charge on any atom is 0.253 e. The first kappa shape index (κ1) is 20.5. The van der Waals surface area contributed by atoms with Crippen LogP contribution in [0.5, 0.6) is 5.75 Å². The molecule has 29 heavy (non-hydrogen) atoms. The number of benzene rings is 2. The molecule has 1 aromatic heterocycles. The highest BCUT2D eigenvalue weighted by molar-refractivity contribution is 5.97. The summed E-state index contributed by atoms with van der Waals surface area (Å²) in [5.41, 5.74) is 0.647. The van der Waals surface area contributed by atoms with Gasteiger partial charge in [-0.2, -0.15) is 0 Å². The lowest BCUT2D eigenvalue weighted by atomic mass is 9.94. The van der Waals surface area contributed by atoms with Crippen LogP contribution in [0.4, 0.5) is 8.78 Å². The molecule has 1 unspecified atom stereocenters. The number of hydrogen-bond acceptors (Lipinski definition) is 3. The molecule has 1 N–H and O–H groups in total. The number of nitrogens with zero attached hydrogens (tertiary/aromatic N) is 1. The van der Waals surface area contributed by atoms with Crippen molar-refractivity contribution in [2.45, 2.75) is 25.8 Å². The smallest absolute Gasteiger partial charge is 0.253 e. The molecular formula is C23H22F2N2O2. The van der Waals surface area contributed by atoms with Gasteiger partial charge in [0.25, 0.3) is 5.91 Å². The molecule has 4 nitrogen and oxygen atoms in total. The largest absolute Gasteiger partial charge is 0.491 e. The molecule has 0 aliphatic carbocycles. The van der Waals surface area contributed by atoms with Crippen molar-refractivity contribution in [3.05, 3.63) is 84.1 Å². The van der Waals surface area contributed by atoms with Crippen LogP contribution < -0.4 is 10.1 Å². The SMILES string of the molecule is C=C(C)CC(C)(COc1ccc(F)cc1)NC(=O)c1cnc2c(F)cccc2c1. The zero-order chi connectivity index (χ0) is 21.0. The summed E-state index contributed by atoms with van der Waals surface area (Å²) in [6.07, 6.45) is 1.83. The number of hydrogen-bond donors (Lipinski definition) is 1. The predicted octanol–water partition coefficient (Wildman–Crippen LogP) is 5.05. The molecule has 0 aliphatic heterocycles. The number of carbonyl (C=O) groups is 1. The summed E-state index contributed by atoms with van der Waals surface area (Å²) in [6, 6.07) is 11.9. The molecule has 0 bridgehead atoms. The molecule has 0 spiro atoms. The maximum atomic E-state index is 13.8. The van der Waals surface area contributed by atoms with Crippen LogP contribution in [0.3, 0.4) is 0 Å². The Morgan fingerprint density at radius 2 is 1.93 bits per heavy atom. The van der Waals surface area contributed by atoms with Gasteiger partial charge in [0.05, 0.1) is 11.1 Å². The van der Waals surface area contributed by atoms with Gasteiger partial charge in [-0.05, 0) is 56.7 Å². The first-order valence-corrected chi connectivity index (χ1v) is 9.15. The fourth-order valence-electron chi connectivity index (χ4n) is 3.16. The highest BCUT2D eigenvalue weighted by atomic mass is 19.1. The van der Waals surface area contributed by atoms with Crippen molar-refractivity contribution in [3.8, 4) is 5.75 Å². The molecule has 0 fully saturated rings. The first-order valence-electron chi connectivity index (χ1n) is 9.15. The van der Waals surface area contributed by atoms with E-state index in [9.17, 15) is 13.6 Å². The predicted molar refractivity (Wildman–Crippen MR) is 109 cm³/mol. The number of aromatic nitrogens is 1. The number of fused-ring (bicyclic) bond motifs is 1. The minimum Gasteiger partial charge on any atom is -0.491 e. The van der Waals surface area contributed by atoms with Gasteiger partial charge in [-0.25, -0.2) is 8.78 Å². The Morgan fingerprint density at radius 3 is 2.62 bits per heavy atom. The molecule has 3 aromatic rings. The van der Waals surface area contributed by atoms with E-state index in [1.54, 1.807) is 18.2 Å². The van der Waals surface area contributed by atoms with Crippen molar-refractivity contribution in [1.29, 1.82) is 0 Å². The average molecular weight is 396 g/mol. The number of ether oxygens (including phenoxy) is 1. The third-order valence-electron chi connectivity index (χ3n) is 4.40. The molecule has 0 saturated heterocycles. The minimum absolute atomic E-state index is 0.160. The number of amides is 1. The van der Waals surface area contributed by atoms with E-state index in [1.807, 2.05) is 13.8 Å². The van der Waals surface area contributed by atoms with E-state index in [1.165, 1.54) is 36.5 Å². The second-order valence-corrected chi connectivity index (χ2v) is 7.43. The van der Waals surface area contributed by atoms with Gasteiger partial charge >= 0.3 is 0 Å². The quantitative estimate of drug-likeness (QED) is 0.569. The van der Waals surface area contributed by atoms with E-state index in [-0.39, 0.29) is 23.8 Å². The third-order valence-corrected chi connectivity index (χ3v) is 4.40. The van der Waals surface area contributed by atoms with Gasteiger partial charge in [-0.1, -0.05) is 17.7 Å². The fraction of sp³-hybridized carbons (Fsp3) is 0.217. The number of halogens is 2. The topological polar surface area (TPSA) is 51.2 Å². The zero-order valence-electron chi connectivity index (χ0n) is 16.3. The van der Waals surface area contributed by atoms with Crippen LogP contribution >= 0.6 is 0 Å². The molecule has 1 atom stereocenters. The van der Waals surface area contributed by atoms with Gasteiger partial charge < -0.3 is 10.1 Å². The Bertz CT molecular complexity index is 1050. The Morgan fingerprint density at radius 1 is 1.21 bits per heavy atom. The van der Waals surface area contributed by atoms with Crippen LogP contribution in [-0.2, 0) is 0 Å². The molecule has 0 radical (unpaired) electrons. The first-order chi connectivity index (χ1) is 13.8. The Kier molecular flexibility index (Phi) is 5.92. The average Bonchev–Trinajstić information content (AvgIpc) is 2.67. The number of rotatable bonds is 7. The fourth-order valence-corrected chi connectivity index (χ4v) is 3.16. The normalized spacial score (nSPS) is 13.0. The second kappa shape index (κ2) is 8.39. The maximum absolute atomic E-state index is 13.8. The van der Waals surface area contributed by atoms with Crippen LogP contribution in [-0.4, -0.2) is 23.0 Å². The number of para-hydroxylation sites is 1. The lowest BCUT2D eigenvalue weighted by Crippen LogP contribution is -2.50. The lowest BCUT2D eigenvalue weighted by molar-refractivity contribution is 0.0866. The number of pyridine rings is 1. The van der Waals surface area contributed by atoms with Gasteiger partial charge in [0.2, 0.25) is 0 Å². The molecule has 1 amide bonds. The third kappa shape index (κ3) is 5.16. The number of carbonyl (C=O) groups excluding carboxylic acids is 1. The standard InChI is InChI=1S/C23H22F2N2O2/c1-15(2)12-23(3,14-29-19-9-7-18(24)8-10-19)27-22(28)17-11-16-5-4-6-20(25)21(16)26-13-17/h4-11,13H,1,12,14H2,2-3H3,(H,27,28). The van der Waals surface area contributed by atoms with Gasteiger partial charge in [0.1, 0.15) is 29.5 Å². The summed E-state index contributed by atoms with van der Waals surface area (Å²) in [6.45, 7) is 7.79. The van der Waals surface area contributed by atoms with Gasteiger partial charge in [-0.3, -0.25) is 9.78 Å². The van der Waals surface area contributed by atoms with Gasteiger partial charge in [-0.15, -0.1) is 6.58 Å². The molecule has 1 heterocycles. The van der Waals surface area contributed by atoms with Gasteiger partial charge in [0, 0.05) is 11.6 Å². The Labute approximate surface area is 168 Å². The second-order valence-electron chi connectivity index (χ2n) is 7.43. The summed E-state index contributed by atoms with van der Waals surface area (Å²) in [5, 5.41) is 3.51. The molecule has 2 aromatic carbocycles. The summed E-state index contributed by atoms with van der Waals surface area (Å²) < 4.78 is 32.6. The van der Waals surface area contributed by atoms with Crippen molar-refractivity contribution >= 4 is 16.8 Å². The molecular weight excluding hydrogens is 374 g/mol. The van der Waals surface area contributed by atoms with Crippen LogP contribution in [0.15, 0.2) is 66.9 Å².